The third-order valence-corrected chi connectivity index (χ3v) is 4.67. The molecule has 10 heteroatoms. The van der Waals surface area contributed by atoms with E-state index in [4.69, 9.17) is 0 Å². The zero-order valence-corrected chi connectivity index (χ0v) is 14.3. The van der Waals surface area contributed by atoms with E-state index in [0.717, 1.165) is 4.57 Å². The number of alkyl halides is 3. The quantitative estimate of drug-likeness (QED) is 0.506. The number of carbonyl (C=O) groups excluding carboxylic acids is 1. The predicted octanol–water partition coefficient (Wildman–Crippen LogP) is 3.55. The molecule has 2 aromatic carbocycles. The zero-order valence-electron chi connectivity index (χ0n) is 14.3. The molecule has 144 valence electrons. The lowest BCUT2D eigenvalue weighted by molar-refractivity contribution is -0.384. The van der Waals surface area contributed by atoms with Gasteiger partial charge in [0.15, 0.2) is 0 Å². The Morgan fingerprint density at radius 3 is 2.68 bits per heavy atom. The van der Waals surface area contributed by atoms with Crippen LogP contribution in [-0.4, -0.2) is 26.9 Å². The third kappa shape index (κ3) is 2.96. The lowest BCUT2D eigenvalue weighted by atomic mass is 10.1. The second-order valence-electron chi connectivity index (χ2n) is 6.37. The van der Waals surface area contributed by atoms with Crippen LogP contribution in [0.5, 0.6) is 0 Å². The molecule has 0 radical (unpaired) electrons. The highest BCUT2D eigenvalue weighted by atomic mass is 19.4. The number of anilines is 1. The fourth-order valence-electron chi connectivity index (χ4n) is 3.43. The number of aromatic nitrogens is 2. The number of carbonyl (C=O) groups is 1. The van der Waals surface area contributed by atoms with E-state index in [1.54, 1.807) is 12.1 Å². The van der Waals surface area contributed by atoms with Crippen LogP contribution in [0.1, 0.15) is 11.4 Å². The molecule has 0 N–H and O–H groups in total. The smallest absolute Gasteiger partial charge is 0.311 e. The highest BCUT2D eigenvalue weighted by Crippen LogP contribution is 2.34. The number of nitrogens with zero attached hydrogens (tertiary/aromatic N) is 4. The lowest BCUT2D eigenvalue weighted by Crippen LogP contribution is -2.33. The maximum atomic E-state index is 13.4. The Bertz CT molecular complexity index is 1110. The van der Waals surface area contributed by atoms with Crippen molar-refractivity contribution in [3.8, 4) is 0 Å². The van der Waals surface area contributed by atoms with Gasteiger partial charge in [0.05, 0.1) is 16.0 Å². The average molecular weight is 390 g/mol. The molecule has 4 rings (SSSR count). The van der Waals surface area contributed by atoms with Crippen molar-refractivity contribution in [1.29, 1.82) is 0 Å². The minimum atomic E-state index is -4.71. The van der Waals surface area contributed by atoms with E-state index in [0.29, 0.717) is 17.7 Å². The molecule has 0 fully saturated rings. The van der Waals surface area contributed by atoms with Crippen molar-refractivity contribution in [3.05, 3.63) is 64.0 Å². The van der Waals surface area contributed by atoms with E-state index in [2.05, 4.69) is 4.98 Å². The number of nitro benzene ring substituents is 1. The van der Waals surface area contributed by atoms with Crippen LogP contribution in [0.15, 0.2) is 42.5 Å². The van der Waals surface area contributed by atoms with E-state index in [1.807, 2.05) is 0 Å². The molecule has 1 aliphatic heterocycles. The van der Waals surface area contributed by atoms with Crippen LogP contribution in [-0.2, 0) is 23.9 Å². The molecule has 0 saturated heterocycles. The summed E-state index contributed by atoms with van der Waals surface area (Å²) in [6, 6.07) is 10.2. The molecular formula is C18H13F3N4O3. The van der Waals surface area contributed by atoms with Gasteiger partial charge in [-0.25, -0.2) is 4.98 Å². The number of imidazole rings is 1. The first kappa shape index (κ1) is 18.0. The molecule has 7 nitrogen and oxygen atoms in total. The van der Waals surface area contributed by atoms with Gasteiger partial charge < -0.3 is 9.47 Å². The van der Waals surface area contributed by atoms with E-state index >= 15 is 0 Å². The Labute approximate surface area is 156 Å². The first-order valence-electron chi connectivity index (χ1n) is 8.36. The largest absolute Gasteiger partial charge is 0.449 e. The highest BCUT2D eigenvalue weighted by Gasteiger charge is 2.38. The fraction of sp³-hybridized carbons (Fsp3) is 0.222. The minimum Gasteiger partial charge on any atom is -0.311 e. The summed E-state index contributed by atoms with van der Waals surface area (Å²) < 4.78 is 41.1. The minimum absolute atomic E-state index is 0.0898. The molecule has 3 aromatic rings. The van der Waals surface area contributed by atoms with Crippen molar-refractivity contribution in [3.63, 3.8) is 0 Å². The van der Waals surface area contributed by atoms with Crippen LogP contribution in [0.2, 0.25) is 0 Å². The van der Waals surface area contributed by atoms with Crippen molar-refractivity contribution in [2.75, 3.05) is 11.4 Å². The zero-order chi connectivity index (χ0) is 20.1. The third-order valence-electron chi connectivity index (χ3n) is 4.67. The number of halogens is 3. The number of amides is 1. The van der Waals surface area contributed by atoms with Gasteiger partial charge in [-0.15, -0.1) is 0 Å². The van der Waals surface area contributed by atoms with E-state index in [1.165, 1.54) is 35.2 Å². The maximum Gasteiger partial charge on any atom is 0.449 e. The molecular weight excluding hydrogens is 377 g/mol. The van der Waals surface area contributed by atoms with Gasteiger partial charge in [-0.05, 0) is 30.2 Å². The summed E-state index contributed by atoms with van der Waals surface area (Å²) in [6.07, 6.45) is -4.30. The number of hydrogen-bond donors (Lipinski definition) is 0. The highest BCUT2D eigenvalue weighted by molar-refractivity contribution is 5.96. The Balaban J connectivity index is 1.69. The Hall–Kier alpha value is -3.43. The van der Waals surface area contributed by atoms with Gasteiger partial charge in [-0.2, -0.15) is 13.2 Å². The van der Waals surface area contributed by atoms with Gasteiger partial charge in [0, 0.05) is 24.4 Å². The van der Waals surface area contributed by atoms with Crippen molar-refractivity contribution in [2.45, 2.75) is 19.1 Å². The van der Waals surface area contributed by atoms with E-state index in [-0.39, 0.29) is 23.3 Å². The molecule has 1 amide bonds. The van der Waals surface area contributed by atoms with Crippen LogP contribution < -0.4 is 4.90 Å². The standard InChI is InChI=1S/C18H13F3N4O3/c19-18(20,21)17-22-13-3-1-2-4-15(13)24(17)10-16(26)23-8-7-11-9-12(25(27)28)5-6-14(11)23/h1-6,9H,7-8,10H2. The molecule has 2 heterocycles. The van der Waals surface area contributed by atoms with Crippen molar-refractivity contribution < 1.29 is 22.9 Å². The van der Waals surface area contributed by atoms with Gasteiger partial charge in [0.1, 0.15) is 6.54 Å². The van der Waals surface area contributed by atoms with Crippen molar-refractivity contribution >= 4 is 28.3 Å². The van der Waals surface area contributed by atoms with Gasteiger partial charge in [-0.1, -0.05) is 12.1 Å². The summed E-state index contributed by atoms with van der Waals surface area (Å²) in [5.74, 6) is -1.67. The number of hydrogen-bond acceptors (Lipinski definition) is 4. The number of benzene rings is 2. The molecule has 0 atom stereocenters. The summed E-state index contributed by atoms with van der Waals surface area (Å²) in [5, 5.41) is 10.9. The molecule has 1 aliphatic rings. The Morgan fingerprint density at radius 1 is 1.21 bits per heavy atom. The van der Waals surface area contributed by atoms with Gasteiger partial charge in [0.25, 0.3) is 5.69 Å². The van der Waals surface area contributed by atoms with Crippen molar-refractivity contribution in [1.82, 2.24) is 9.55 Å². The molecule has 1 aromatic heterocycles. The summed E-state index contributed by atoms with van der Waals surface area (Å²) in [6.45, 7) is -0.283. The first-order chi connectivity index (χ1) is 13.3. The normalized spacial score (nSPS) is 13.8. The fourth-order valence-corrected chi connectivity index (χ4v) is 3.43. The van der Waals surface area contributed by atoms with Crippen LogP contribution >= 0.6 is 0 Å². The monoisotopic (exact) mass is 390 g/mol. The topological polar surface area (TPSA) is 81.3 Å². The molecule has 0 spiro atoms. The summed E-state index contributed by atoms with van der Waals surface area (Å²) in [4.78, 5) is 28.1. The summed E-state index contributed by atoms with van der Waals surface area (Å²) in [7, 11) is 0. The van der Waals surface area contributed by atoms with E-state index in [9.17, 15) is 28.1 Å². The molecule has 0 saturated carbocycles. The average Bonchev–Trinajstić information content (AvgIpc) is 3.22. The Kier molecular flexibility index (Phi) is 4.06. The SMILES string of the molecule is O=C(Cn1c(C(F)(F)F)nc2ccccc21)N1CCc2cc([N+](=O)[O-])ccc21. The second-order valence-corrected chi connectivity index (χ2v) is 6.37. The lowest BCUT2D eigenvalue weighted by Gasteiger charge is -2.19. The number of non-ortho nitro benzene ring substituents is 1. The molecule has 0 bridgehead atoms. The number of nitro groups is 1. The van der Waals surface area contributed by atoms with Gasteiger partial charge in [0.2, 0.25) is 11.7 Å². The molecule has 28 heavy (non-hydrogen) atoms. The maximum absolute atomic E-state index is 13.4. The number of para-hydroxylation sites is 2. The summed E-state index contributed by atoms with van der Waals surface area (Å²) >= 11 is 0. The van der Waals surface area contributed by atoms with Gasteiger partial charge in [-0.3, -0.25) is 14.9 Å². The van der Waals surface area contributed by atoms with Crippen LogP contribution in [0, 0.1) is 10.1 Å². The van der Waals surface area contributed by atoms with Crippen LogP contribution in [0.3, 0.4) is 0 Å². The van der Waals surface area contributed by atoms with Gasteiger partial charge >= 0.3 is 6.18 Å². The number of rotatable bonds is 3. The first-order valence-corrected chi connectivity index (χ1v) is 8.36. The molecule has 0 aliphatic carbocycles. The van der Waals surface area contributed by atoms with E-state index < -0.39 is 29.4 Å². The summed E-state index contributed by atoms with van der Waals surface area (Å²) in [5.41, 5.74) is 1.38. The van der Waals surface area contributed by atoms with Crippen LogP contribution in [0.4, 0.5) is 24.5 Å². The van der Waals surface area contributed by atoms with Crippen molar-refractivity contribution in [2.24, 2.45) is 0 Å². The second kappa shape index (κ2) is 6.32. The predicted molar refractivity (Wildman–Crippen MR) is 93.9 cm³/mol. The van der Waals surface area contributed by atoms with Crippen LogP contribution in [0.25, 0.3) is 11.0 Å². The molecule has 0 unspecified atom stereocenters. The number of fused-ring (bicyclic) bond motifs is 2. The Morgan fingerprint density at radius 2 is 1.96 bits per heavy atom.